The van der Waals surface area contributed by atoms with E-state index in [0.29, 0.717) is 24.5 Å². The SMILES string of the molecule is CCOc1ccc(C2CCC(c3ccc(/C=C/CCCF)cc3)CC2)c(F)c1F. The van der Waals surface area contributed by atoms with Gasteiger partial charge in [-0.15, -0.1) is 0 Å². The fraction of sp³-hybridized carbons (Fsp3) is 0.440. The molecule has 1 fully saturated rings. The quantitative estimate of drug-likeness (QED) is 0.414. The van der Waals surface area contributed by atoms with E-state index in [4.69, 9.17) is 4.74 Å². The molecule has 4 heteroatoms. The van der Waals surface area contributed by atoms with Crippen LogP contribution in [-0.2, 0) is 0 Å². The average molecular weight is 403 g/mol. The fourth-order valence-electron chi connectivity index (χ4n) is 4.16. The van der Waals surface area contributed by atoms with Gasteiger partial charge in [0.2, 0.25) is 5.82 Å². The highest BCUT2D eigenvalue weighted by molar-refractivity contribution is 5.50. The first kappa shape index (κ1) is 21.5. The lowest BCUT2D eigenvalue weighted by Gasteiger charge is -2.29. The molecule has 29 heavy (non-hydrogen) atoms. The number of rotatable bonds is 8. The van der Waals surface area contributed by atoms with E-state index in [9.17, 15) is 13.2 Å². The number of unbranched alkanes of at least 4 members (excludes halogenated alkanes) is 1. The molecule has 2 aromatic carbocycles. The first-order chi connectivity index (χ1) is 14.1. The van der Waals surface area contributed by atoms with E-state index in [1.165, 1.54) is 5.56 Å². The van der Waals surface area contributed by atoms with Gasteiger partial charge >= 0.3 is 0 Å². The number of benzene rings is 2. The van der Waals surface area contributed by atoms with E-state index >= 15 is 0 Å². The van der Waals surface area contributed by atoms with Crippen LogP contribution >= 0.6 is 0 Å². The standard InChI is InChI=1S/C25H29F3O/c1-2-29-23-16-15-22(24(27)25(23)28)21-13-11-20(12-14-21)19-9-7-18(8-10-19)6-4-3-5-17-26/h4,6-10,15-16,20-21H,2-3,5,11-14,17H2,1H3/b6-4+. The third kappa shape index (κ3) is 5.43. The Bertz CT molecular complexity index is 806. The molecule has 0 bridgehead atoms. The molecule has 1 aliphatic carbocycles. The molecule has 1 aliphatic rings. The summed E-state index contributed by atoms with van der Waals surface area (Å²) in [5, 5.41) is 0. The topological polar surface area (TPSA) is 9.23 Å². The molecule has 0 radical (unpaired) electrons. The molecule has 0 amide bonds. The second kappa shape index (κ2) is 10.5. The molecule has 0 spiro atoms. The first-order valence-corrected chi connectivity index (χ1v) is 10.6. The number of hydrogen-bond donors (Lipinski definition) is 0. The van der Waals surface area contributed by atoms with Crippen molar-refractivity contribution in [1.82, 2.24) is 0 Å². The number of alkyl halides is 1. The number of hydrogen-bond acceptors (Lipinski definition) is 1. The zero-order chi connectivity index (χ0) is 20.6. The maximum atomic E-state index is 14.5. The molecule has 0 atom stereocenters. The van der Waals surface area contributed by atoms with Crippen molar-refractivity contribution in [3.05, 3.63) is 70.8 Å². The van der Waals surface area contributed by atoms with Crippen molar-refractivity contribution >= 4 is 6.08 Å². The van der Waals surface area contributed by atoms with Crippen LogP contribution in [0.25, 0.3) is 6.08 Å². The van der Waals surface area contributed by atoms with Crippen LogP contribution in [0.5, 0.6) is 5.75 Å². The molecule has 156 valence electrons. The first-order valence-electron chi connectivity index (χ1n) is 10.6. The van der Waals surface area contributed by atoms with Crippen LogP contribution in [0.15, 0.2) is 42.5 Å². The highest BCUT2D eigenvalue weighted by Crippen LogP contribution is 2.42. The van der Waals surface area contributed by atoms with Crippen LogP contribution in [0, 0.1) is 11.6 Å². The summed E-state index contributed by atoms with van der Waals surface area (Å²) in [6.45, 7) is 1.79. The van der Waals surface area contributed by atoms with Gasteiger partial charge in [-0.05, 0) is 80.0 Å². The molecular formula is C25H29F3O. The van der Waals surface area contributed by atoms with Gasteiger partial charge in [-0.1, -0.05) is 42.5 Å². The summed E-state index contributed by atoms with van der Waals surface area (Å²) in [6, 6.07) is 11.7. The summed E-state index contributed by atoms with van der Waals surface area (Å²) in [6.07, 6.45) is 8.97. The summed E-state index contributed by atoms with van der Waals surface area (Å²) >= 11 is 0. The van der Waals surface area contributed by atoms with E-state index in [-0.39, 0.29) is 18.3 Å². The van der Waals surface area contributed by atoms with Gasteiger partial charge in [-0.2, -0.15) is 4.39 Å². The van der Waals surface area contributed by atoms with Crippen LogP contribution in [-0.4, -0.2) is 13.3 Å². The third-order valence-electron chi connectivity index (χ3n) is 5.77. The maximum Gasteiger partial charge on any atom is 0.200 e. The van der Waals surface area contributed by atoms with E-state index in [0.717, 1.165) is 37.7 Å². The molecule has 3 rings (SSSR count). The van der Waals surface area contributed by atoms with E-state index in [2.05, 4.69) is 24.3 Å². The molecule has 1 nitrogen and oxygen atoms in total. The van der Waals surface area contributed by atoms with Gasteiger partial charge in [0.05, 0.1) is 13.3 Å². The minimum atomic E-state index is -0.873. The van der Waals surface area contributed by atoms with Crippen LogP contribution in [0.3, 0.4) is 0 Å². The number of allylic oxidation sites excluding steroid dienone is 1. The summed E-state index contributed by atoms with van der Waals surface area (Å²) in [5.74, 6) is -1.15. The van der Waals surface area contributed by atoms with Crippen molar-refractivity contribution in [2.45, 2.75) is 57.3 Å². The minimum Gasteiger partial charge on any atom is -0.491 e. The van der Waals surface area contributed by atoms with Gasteiger partial charge in [0.15, 0.2) is 11.6 Å². The van der Waals surface area contributed by atoms with Crippen molar-refractivity contribution in [3.63, 3.8) is 0 Å². The highest BCUT2D eigenvalue weighted by atomic mass is 19.2. The van der Waals surface area contributed by atoms with Crippen molar-refractivity contribution in [1.29, 1.82) is 0 Å². The normalized spacial score (nSPS) is 19.6. The summed E-state index contributed by atoms with van der Waals surface area (Å²) in [7, 11) is 0. The van der Waals surface area contributed by atoms with Gasteiger partial charge in [-0.3, -0.25) is 4.39 Å². The fourth-order valence-corrected chi connectivity index (χ4v) is 4.16. The van der Waals surface area contributed by atoms with Gasteiger partial charge < -0.3 is 4.74 Å². The van der Waals surface area contributed by atoms with Crippen molar-refractivity contribution in [2.75, 3.05) is 13.3 Å². The van der Waals surface area contributed by atoms with Gasteiger partial charge in [0.1, 0.15) is 0 Å². The Morgan fingerprint density at radius 2 is 1.62 bits per heavy atom. The molecule has 0 aliphatic heterocycles. The molecule has 0 N–H and O–H groups in total. The summed E-state index contributed by atoms with van der Waals surface area (Å²) in [5.41, 5.74) is 2.88. The number of halogens is 3. The molecule has 1 saturated carbocycles. The molecule has 0 unspecified atom stereocenters. The Morgan fingerprint density at radius 1 is 0.931 bits per heavy atom. The smallest absolute Gasteiger partial charge is 0.200 e. The summed E-state index contributed by atoms with van der Waals surface area (Å²) in [4.78, 5) is 0. The van der Waals surface area contributed by atoms with Gasteiger partial charge in [-0.25, -0.2) is 4.39 Å². The van der Waals surface area contributed by atoms with Gasteiger partial charge in [0, 0.05) is 0 Å². The lowest BCUT2D eigenvalue weighted by atomic mass is 9.76. The second-order valence-electron chi connectivity index (χ2n) is 7.66. The molecular weight excluding hydrogens is 373 g/mol. The highest BCUT2D eigenvalue weighted by Gasteiger charge is 2.27. The Morgan fingerprint density at radius 3 is 2.28 bits per heavy atom. The Balaban J connectivity index is 1.59. The van der Waals surface area contributed by atoms with E-state index < -0.39 is 11.6 Å². The van der Waals surface area contributed by atoms with Crippen LogP contribution in [0.2, 0.25) is 0 Å². The van der Waals surface area contributed by atoms with E-state index in [1.54, 1.807) is 19.1 Å². The molecule has 0 saturated heterocycles. The minimum absolute atomic E-state index is 0.0127. The molecule has 0 heterocycles. The lowest BCUT2D eigenvalue weighted by Crippen LogP contribution is -2.14. The van der Waals surface area contributed by atoms with Crippen molar-refractivity contribution in [2.24, 2.45) is 0 Å². The number of ether oxygens (including phenoxy) is 1. The third-order valence-corrected chi connectivity index (χ3v) is 5.77. The van der Waals surface area contributed by atoms with Crippen LogP contribution in [0.4, 0.5) is 13.2 Å². The van der Waals surface area contributed by atoms with Crippen LogP contribution in [0.1, 0.15) is 74.0 Å². The average Bonchev–Trinajstić information content (AvgIpc) is 2.75. The largest absolute Gasteiger partial charge is 0.491 e. The predicted molar refractivity (Wildman–Crippen MR) is 112 cm³/mol. The Kier molecular flexibility index (Phi) is 7.79. The molecule has 2 aromatic rings. The second-order valence-corrected chi connectivity index (χ2v) is 7.66. The Hall–Kier alpha value is -2.23. The monoisotopic (exact) mass is 402 g/mol. The predicted octanol–water partition coefficient (Wildman–Crippen LogP) is 7.57. The van der Waals surface area contributed by atoms with Crippen LogP contribution < -0.4 is 4.74 Å². The lowest BCUT2D eigenvalue weighted by molar-refractivity contribution is 0.310. The van der Waals surface area contributed by atoms with Gasteiger partial charge in [0.25, 0.3) is 0 Å². The zero-order valence-corrected chi connectivity index (χ0v) is 17.0. The molecule has 0 aromatic heterocycles. The Labute approximate surface area is 171 Å². The van der Waals surface area contributed by atoms with E-state index in [1.807, 2.05) is 12.2 Å². The van der Waals surface area contributed by atoms with Crippen molar-refractivity contribution in [3.8, 4) is 5.75 Å². The maximum absolute atomic E-state index is 14.5. The van der Waals surface area contributed by atoms with Crippen molar-refractivity contribution < 1.29 is 17.9 Å². The summed E-state index contributed by atoms with van der Waals surface area (Å²) < 4.78 is 46.0. The zero-order valence-electron chi connectivity index (χ0n) is 17.0.